The molecule has 2 atom stereocenters. The van der Waals surface area contributed by atoms with Crippen LogP contribution in [0.2, 0.25) is 15.1 Å². The summed E-state index contributed by atoms with van der Waals surface area (Å²) in [6.07, 6.45) is 1.07. The molecule has 0 bridgehead atoms. The Bertz CT molecular complexity index is 646. The molecule has 1 fully saturated rings. The highest BCUT2D eigenvalue weighted by molar-refractivity contribution is 6.43. The zero-order chi connectivity index (χ0) is 15.5. The van der Waals surface area contributed by atoms with E-state index in [9.17, 15) is 0 Å². The Labute approximate surface area is 145 Å². The van der Waals surface area contributed by atoms with E-state index in [1.54, 1.807) is 6.07 Å². The molecule has 3 rings (SSSR count). The highest BCUT2D eigenvalue weighted by Crippen LogP contribution is 2.30. The highest BCUT2D eigenvalue weighted by atomic mass is 35.5. The number of benzene rings is 2. The molecule has 1 aliphatic heterocycles. The lowest BCUT2D eigenvalue weighted by atomic mass is 10.0. The van der Waals surface area contributed by atoms with Crippen LogP contribution in [0, 0.1) is 0 Å². The van der Waals surface area contributed by atoms with Gasteiger partial charge in [0.2, 0.25) is 0 Å². The summed E-state index contributed by atoms with van der Waals surface area (Å²) in [4.78, 5) is 0. The molecule has 1 heterocycles. The van der Waals surface area contributed by atoms with Crippen molar-refractivity contribution in [1.29, 1.82) is 0 Å². The van der Waals surface area contributed by atoms with E-state index in [1.165, 1.54) is 5.56 Å². The summed E-state index contributed by atoms with van der Waals surface area (Å²) in [5, 5.41) is 8.80. The molecule has 2 nitrogen and oxygen atoms in total. The summed E-state index contributed by atoms with van der Waals surface area (Å²) in [5.41, 5.74) is 2.23. The zero-order valence-electron chi connectivity index (χ0n) is 12.0. The molecule has 0 amide bonds. The fraction of sp³-hybridized carbons (Fsp3) is 0.294. The number of rotatable bonds is 4. The summed E-state index contributed by atoms with van der Waals surface area (Å²) in [6.45, 7) is 1.65. The summed E-state index contributed by atoms with van der Waals surface area (Å²) in [6, 6.07) is 14.7. The van der Waals surface area contributed by atoms with Crippen molar-refractivity contribution < 1.29 is 0 Å². The molecule has 0 radical (unpaired) electrons. The van der Waals surface area contributed by atoms with Crippen molar-refractivity contribution in [3.05, 3.63) is 68.7 Å². The number of nitrogens with one attached hydrogen (secondary N) is 2. The van der Waals surface area contributed by atoms with Gasteiger partial charge in [0.15, 0.2) is 0 Å². The van der Waals surface area contributed by atoms with E-state index < -0.39 is 0 Å². The second-order valence-electron chi connectivity index (χ2n) is 5.48. The van der Waals surface area contributed by atoms with Gasteiger partial charge >= 0.3 is 0 Å². The van der Waals surface area contributed by atoms with Crippen molar-refractivity contribution in [3.63, 3.8) is 0 Å². The monoisotopic (exact) mass is 354 g/mol. The molecule has 2 aromatic rings. The van der Waals surface area contributed by atoms with Crippen molar-refractivity contribution in [3.8, 4) is 0 Å². The third-order valence-electron chi connectivity index (χ3n) is 4.00. The third-order valence-corrected chi connectivity index (χ3v) is 5.06. The van der Waals surface area contributed by atoms with Crippen molar-refractivity contribution in [2.75, 3.05) is 6.54 Å². The molecule has 2 N–H and O–H groups in total. The van der Waals surface area contributed by atoms with Crippen LogP contribution in [0.15, 0.2) is 42.5 Å². The molecule has 116 valence electrons. The first-order valence-corrected chi connectivity index (χ1v) is 8.43. The Morgan fingerprint density at radius 3 is 2.64 bits per heavy atom. The van der Waals surface area contributed by atoms with Crippen molar-refractivity contribution in [1.82, 2.24) is 10.6 Å². The molecule has 0 aromatic heterocycles. The maximum Gasteiger partial charge on any atom is 0.0638 e. The van der Waals surface area contributed by atoms with E-state index in [1.807, 2.05) is 12.1 Å². The minimum Gasteiger partial charge on any atom is -0.309 e. The maximum atomic E-state index is 6.26. The molecule has 1 saturated heterocycles. The van der Waals surface area contributed by atoms with Crippen LogP contribution in [-0.2, 0) is 6.54 Å². The molecule has 22 heavy (non-hydrogen) atoms. The van der Waals surface area contributed by atoms with Crippen LogP contribution in [0.3, 0.4) is 0 Å². The largest absolute Gasteiger partial charge is 0.309 e. The average Bonchev–Trinajstić information content (AvgIpc) is 2.99. The van der Waals surface area contributed by atoms with Gasteiger partial charge < -0.3 is 10.6 Å². The average molecular weight is 356 g/mol. The lowest BCUT2D eigenvalue weighted by molar-refractivity contribution is 0.461. The molecule has 0 saturated carbocycles. The van der Waals surface area contributed by atoms with Crippen molar-refractivity contribution in [2.45, 2.75) is 25.0 Å². The van der Waals surface area contributed by atoms with E-state index >= 15 is 0 Å². The summed E-state index contributed by atoms with van der Waals surface area (Å²) in [5.74, 6) is 0. The molecular weight excluding hydrogens is 339 g/mol. The Hall–Kier alpha value is -0.770. The summed E-state index contributed by atoms with van der Waals surface area (Å²) in [7, 11) is 0. The van der Waals surface area contributed by atoms with E-state index in [0.29, 0.717) is 33.7 Å². The summed E-state index contributed by atoms with van der Waals surface area (Å²) >= 11 is 18.4. The predicted octanol–water partition coefficient (Wildman–Crippen LogP) is 4.84. The first-order valence-electron chi connectivity index (χ1n) is 7.30. The van der Waals surface area contributed by atoms with Gasteiger partial charge in [-0.2, -0.15) is 0 Å². The first kappa shape index (κ1) is 16.1. The van der Waals surface area contributed by atoms with Crippen LogP contribution in [0.25, 0.3) is 0 Å². The normalized spacial score (nSPS) is 21.2. The van der Waals surface area contributed by atoms with Gasteiger partial charge in [-0.3, -0.25) is 0 Å². The van der Waals surface area contributed by atoms with Gasteiger partial charge in [0.1, 0.15) is 0 Å². The second-order valence-corrected chi connectivity index (χ2v) is 6.70. The standard InChI is InChI=1S/C17H17Cl3N2/c18-13-8-12(16(20)14(19)9-13)10-22-15-6-7-21-17(15)11-4-2-1-3-5-11/h1-5,8-9,15,17,21-22H,6-7,10H2. The van der Waals surface area contributed by atoms with Crippen LogP contribution in [0.1, 0.15) is 23.6 Å². The van der Waals surface area contributed by atoms with E-state index in [4.69, 9.17) is 34.8 Å². The number of hydrogen-bond acceptors (Lipinski definition) is 2. The minimum absolute atomic E-state index is 0.314. The Balaban J connectivity index is 1.71. The highest BCUT2D eigenvalue weighted by Gasteiger charge is 2.27. The van der Waals surface area contributed by atoms with Crippen molar-refractivity contribution in [2.24, 2.45) is 0 Å². The van der Waals surface area contributed by atoms with E-state index in [0.717, 1.165) is 18.5 Å². The fourth-order valence-corrected chi connectivity index (χ4v) is 3.62. The molecule has 5 heteroatoms. The van der Waals surface area contributed by atoms with E-state index in [2.05, 4.69) is 34.9 Å². The minimum atomic E-state index is 0.314. The van der Waals surface area contributed by atoms with Crippen LogP contribution in [-0.4, -0.2) is 12.6 Å². The number of hydrogen-bond donors (Lipinski definition) is 2. The molecule has 2 aromatic carbocycles. The zero-order valence-corrected chi connectivity index (χ0v) is 14.2. The van der Waals surface area contributed by atoms with Gasteiger partial charge in [-0.1, -0.05) is 65.1 Å². The maximum absolute atomic E-state index is 6.26. The molecule has 0 spiro atoms. The SMILES string of the molecule is Clc1cc(Cl)c(Cl)c(CNC2CCNC2c2ccccc2)c1. The first-order chi connectivity index (χ1) is 10.6. The van der Waals surface area contributed by atoms with E-state index in [-0.39, 0.29) is 0 Å². The van der Waals surface area contributed by atoms with Gasteiger partial charge in [-0.25, -0.2) is 0 Å². The topological polar surface area (TPSA) is 24.1 Å². The van der Waals surface area contributed by atoms with Crippen LogP contribution < -0.4 is 10.6 Å². The van der Waals surface area contributed by atoms with Crippen LogP contribution in [0.5, 0.6) is 0 Å². The molecular formula is C17H17Cl3N2. The van der Waals surface area contributed by atoms with Gasteiger partial charge in [-0.15, -0.1) is 0 Å². The van der Waals surface area contributed by atoms with Gasteiger partial charge in [0.25, 0.3) is 0 Å². The van der Waals surface area contributed by atoms with Gasteiger partial charge in [0.05, 0.1) is 10.0 Å². The van der Waals surface area contributed by atoms with Crippen LogP contribution >= 0.6 is 34.8 Å². The van der Waals surface area contributed by atoms with Crippen LogP contribution in [0.4, 0.5) is 0 Å². The lowest BCUT2D eigenvalue weighted by Crippen LogP contribution is -2.34. The predicted molar refractivity (Wildman–Crippen MR) is 93.9 cm³/mol. The molecule has 1 aliphatic rings. The fourth-order valence-electron chi connectivity index (χ4n) is 2.91. The quantitative estimate of drug-likeness (QED) is 0.767. The Morgan fingerprint density at radius 1 is 1.09 bits per heavy atom. The van der Waals surface area contributed by atoms with Crippen molar-refractivity contribution >= 4 is 34.8 Å². The lowest BCUT2D eigenvalue weighted by Gasteiger charge is -2.22. The molecule has 2 unspecified atom stereocenters. The van der Waals surface area contributed by atoms with Gasteiger partial charge in [0, 0.05) is 23.7 Å². The number of halogens is 3. The third kappa shape index (κ3) is 3.58. The Kier molecular flexibility index (Phi) is 5.27. The molecule has 0 aliphatic carbocycles. The Morgan fingerprint density at radius 2 is 1.86 bits per heavy atom. The summed E-state index contributed by atoms with van der Waals surface area (Å²) < 4.78 is 0. The smallest absolute Gasteiger partial charge is 0.0638 e. The van der Waals surface area contributed by atoms with Gasteiger partial charge in [-0.05, 0) is 36.2 Å². The second kappa shape index (κ2) is 7.20.